The fraction of sp³-hybridized carbons (Fsp3) is 0.318. The summed E-state index contributed by atoms with van der Waals surface area (Å²) in [5, 5.41) is 9.13. The van der Waals surface area contributed by atoms with Gasteiger partial charge < -0.3 is 30.3 Å². The first-order valence-electron chi connectivity index (χ1n) is 19.6. The lowest BCUT2D eigenvalue weighted by atomic mass is 10.0. The highest BCUT2D eigenvalue weighted by Gasteiger charge is 2.26. The number of rotatable bonds is 13. The van der Waals surface area contributed by atoms with Gasteiger partial charge in [0.15, 0.2) is 0 Å². The van der Waals surface area contributed by atoms with Gasteiger partial charge in [-0.2, -0.15) is 0 Å². The molecular formula is C44H47F2N7O5S2. The molecule has 5 aromatic rings. The Hall–Kier alpha value is -5.58. The van der Waals surface area contributed by atoms with Gasteiger partial charge in [0.05, 0.1) is 12.4 Å². The second-order valence-corrected chi connectivity index (χ2v) is 15.8. The molecule has 7 rings (SSSR count). The van der Waals surface area contributed by atoms with Crippen molar-refractivity contribution in [2.24, 2.45) is 0 Å². The van der Waals surface area contributed by atoms with Crippen LogP contribution in [-0.2, 0) is 11.2 Å². The average Bonchev–Trinajstić information content (AvgIpc) is 3.28. The smallest absolute Gasteiger partial charge is 0.257 e. The number of halogens is 2. The number of thioether (sulfide) groups is 2. The molecule has 0 unspecified atom stereocenters. The van der Waals surface area contributed by atoms with Gasteiger partial charge >= 0.3 is 0 Å². The van der Waals surface area contributed by atoms with Crippen molar-refractivity contribution in [3.63, 3.8) is 0 Å². The minimum atomic E-state index is -0.617. The van der Waals surface area contributed by atoms with Gasteiger partial charge in [-0.05, 0) is 118 Å². The molecule has 2 aliphatic heterocycles. The molecule has 0 saturated carbocycles. The molecular weight excluding hydrogens is 809 g/mol. The molecule has 0 radical (unpaired) electrons. The first-order chi connectivity index (χ1) is 29.2. The van der Waals surface area contributed by atoms with Gasteiger partial charge in [-0.25, -0.2) is 18.7 Å². The van der Waals surface area contributed by atoms with Crippen LogP contribution >= 0.6 is 23.5 Å². The van der Waals surface area contributed by atoms with Gasteiger partial charge in [0, 0.05) is 53.3 Å². The van der Waals surface area contributed by atoms with Crippen molar-refractivity contribution in [2.75, 3.05) is 38.7 Å². The van der Waals surface area contributed by atoms with E-state index in [1.165, 1.54) is 0 Å². The lowest BCUT2D eigenvalue weighted by Gasteiger charge is -2.32. The maximum Gasteiger partial charge on any atom is 0.257 e. The molecule has 2 aromatic carbocycles. The first kappa shape index (κ1) is 44.0. The van der Waals surface area contributed by atoms with Crippen LogP contribution in [0.1, 0.15) is 58.5 Å². The lowest BCUT2D eigenvalue weighted by molar-refractivity contribution is -0.132. The molecule has 0 atom stereocenters. The highest BCUT2D eigenvalue weighted by atomic mass is 32.2. The number of aromatic nitrogens is 3. The number of nitrogens with zero attached hydrogens (tertiary/aromatic N) is 4. The Balaban J connectivity index is 0.000000213. The third-order valence-corrected chi connectivity index (χ3v) is 11.3. The van der Waals surface area contributed by atoms with Crippen molar-refractivity contribution in [1.29, 1.82) is 0 Å². The predicted molar refractivity (Wildman–Crippen MR) is 228 cm³/mol. The van der Waals surface area contributed by atoms with Crippen LogP contribution < -0.4 is 25.4 Å². The van der Waals surface area contributed by atoms with Gasteiger partial charge in [0.2, 0.25) is 17.7 Å². The highest BCUT2D eigenvalue weighted by Crippen LogP contribution is 2.29. The molecule has 3 amide bonds. The van der Waals surface area contributed by atoms with Gasteiger partial charge in [0.25, 0.3) is 11.8 Å². The molecule has 314 valence electrons. The van der Waals surface area contributed by atoms with E-state index in [1.54, 1.807) is 41.9 Å². The summed E-state index contributed by atoms with van der Waals surface area (Å²) in [6.45, 7) is 2.82. The van der Waals surface area contributed by atoms with E-state index in [2.05, 4.69) is 30.9 Å². The Morgan fingerprint density at radius 3 is 1.75 bits per heavy atom. The number of ether oxygens (including phenoxy) is 2. The minimum absolute atomic E-state index is 0.0356. The van der Waals surface area contributed by atoms with Crippen molar-refractivity contribution in [2.45, 2.75) is 60.4 Å². The number of aryl methyl sites for hydroxylation is 1. The van der Waals surface area contributed by atoms with Crippen LogP contribution in [0.2, 0.25) is 0 Å². The van der Waals surface area contributed by atoms with E-state index in [1.807, 2.05) is 72.0 Å². The Morgan fingerprint density at radius 1 is 0.717 bits per heavy atom. The average molecular weight is 856 g/mol. The Bertz CT molecular complexity index is 2230. The zero-order valence-electron chi connectivity index (χ0n) is 33.4. The number of benzene rings is 2. The first-order valence-corrected chi connectivity index (χ1v) is 22.1. The zero-order chi connectivity index (χ0) is 42.3. The Labute approximate surface area is 356 Å². The van der Waals surface area contributed by atoms with Gasteiger partial charge in [0.1, 0.15) is 34.3 Å². The van der Waals surface area contributed by atoms with E-state index in [4.69, 9.17) is 9.47 Å². The van der Waals surface area contributed by atoms with Crippen LogP contribution in [-0.4, -0.2) is 88.3 Å². The number of hydrogen-bond acceptors (Lipinski definition) is 11. The largest absolute Gasteiger partial charge is 0.438 e. The van der Waals surface area contributed by atoms with E-state index in [-0.39, 0.29) is 46.8 Å². The molecule has 0 aliphatic carbocycles. The molecule has 2 saturated heterocycles. The molecule has 0 spiro atoms. The van der Waals surface area contributed by atoms with Gasteiger partial charge in [-0.3, -0.25) is 19.4 Å². The van der Waals surface area contributed by atoms with E-state index < -0.39 is 17.5 Å². The summed E-state index contributed by atoms with van der Waals surface area (Å²) in [7, 11) is 0. The van der Waals surface area contributed by atoms with Crippen molar-refractivity contribution in [3.05, 3.63) is 126 Å². The van der Waals surface area contributed by atoms with Crippen LogP contribution in [0, 0.1) is 11.6 Å². The number of amides is 3. The molecule has 3 aromatic heterocycles. The molecule has 5 heterocycles. The summed E-state index contributed by atoms with van der Waals surface area (Å²) in [4.78, 5) is 54.2. The number of pyridine rings is 3. The van der Waals surface area contributed by atoms with Crippen molar-refractivity contribution >= 4 is 41.2 Å². The number of carbonyl (C=O) groups excluding carboxylic acids is 3. The maximum absolute atomic E-state index is 13.9. The molecule has 2 fully saturated rings. The van der Waals surface area contributed by atoms with Crippen LogP contribution in [0.3, 0.4) is 0 Å². The Kier molecular flexibility index (Phi) is 16.2. The van der Waals surface area contributed by atoms with Crippen LogP contribution in [0.25, 0.3) is 0 Å². The lowest BCUT2D eigenvalue weighted by Crippen LogP contribution is -2.46. The zero-order valence-corrected chi connectivity index (χ0v) is 35.0. The van der Waals surface area contributed by atoms with Crippen molar-refractivity contribution in [3.8, 4) is 23.3 Å². The topological polar surface area (TPSA) is 148 Å². The number of carbonyl (C=O) groups is 3. The maximum atomic E-state index is 13.9. The molecule has 60 heavy (non-hydrogen) atoms. The third-order valence-electron chi connectivity index (χ3n) is 9.81. The fourth-order valence-electron chi connectivity index (χ4n) is 6.60. The Morgan fingerprint density at radius 2 is 1.25 bits per heavy atom. The SMILES string of the molecule is CSc1cccc(Oc2ncc(F)cc2C(=O)NC2CCN(C(=O)CCc3ccccn3)CC2)c1.CSc1cccc(Oc2ncc(F)cc2C(=O)NC2CCNCC2)c1. The number of likely N-dealkylation sites (tertiary alicyclic amines) is 1. The van der Waals surface area contributed by atoms with Crippen LogP contribution in [0.15, 0.2) is 107 Å². The van der Waals surface area contributed by atoms with Crippen molar-refractivity contribution < 1.29 is 32.6 Å². The highest BCUT2D eigenvalue weighted by molar-refractivity contribution is 7.98. The minimum Gasteiger partial charge on any atom is -0.438 e. The standard InChI is InChI=1S/C26H27FN4O3S.C18H20FN3O2S/c1-35-22-7-4-6-21(16-22)34-26-23(15-18(27)17-29-26)25(33)30-20-10-13-31(14-11-20)24(32)9-8-19-5-2-3-12-28-19;1-25-15-4-2-3-14(10-15)24-18-16(9-12(19)11-21-18)17(23)22-13-5-7-20-8-6-13/h2-7,12,15-17,20H,8-11,13-14H2,1H3,(H,30,33);2-4,9-11,13,20H,5-8H2,1H3,(H,22,23). The molecule has 12 nitrogen and oxygen atoms in total. The fourth-order valence-corrected chi connectivity index (χ4v) is 7.50. The van der Waals surface area contributed by atoms with E-state index in [9.17, 15) is 23.2 Å². The quantitative estimate of drug-likeness (QED) is 0.100. The van der Waals surface area contributed by atoms with E-state index in [0.29, 0.717) is 50.3 Å². The van der Waals surface area contributed by atoms with Crippen LogP contribution in [0.5, 0.6) is 23.3 Å². The molecule has 3 N–H and O–H groups in total. The summed E-state index contributed by atoms with van der Waals surface area (Å²) >= 11 is 3.15. The summed E-state index contributed by atoms with van der Waals surface area (Å²) in [6.07, 6.45) is 11.7. The third kappa shape index (κ3) is 13.0. The number of nitrogens with one attached hydrogen (secondary N) is 3. The second-order valence-electron chi connectivity index (χ2n) is 14.0. The van der Waals surface area contributed by atoms with E-state index >= 15 is 0 Å². The van der Waals surface area contributed by atoms with Gasteiger partial charge in [-0.15, -0.1) is 23.5 Å². The predicted octanol–water partition coefficient (Wildman–Crippen LogP) is 7.70. The molecule has 2 aliphatic rings. The van der Waals surface area contributed by atoms with E-state index in [0.717, 1.165) is 65.9 Å². The van der Waals surface area contributed by atoms with Crippen LogP contribution in [0.4, 0.5) is 8.78 Å². The summed E-state index contributed by atoms with van der Waals surface area (Å²) in [6, 6.07) is 22.7. The normalized spacial score (nSPS) is 14.4. The monoisotopic (exact) mass is 855 g/mol. The second kappa shape index (κ2) is 22.1. The van der Waals surface area contributed by atoms with Crippen molar-refractivity contribution in [1.82, 2.24) is 35.8 Å². The molecule has 16 heteroatoms. The molecule has 0 bridgehead atoms. The number of piperidine rings is 2. The van der Waals surface area contributed by atoms with Gasteiger partial charge in [-0.1, -0.05) is 18.2 Å². The summed E-state index contributed by atoms with van der Waals surface area (Å²) in [5.74, 6) is -0.699. The summed E-state index contributed by atoms with van der Waals surface area (Å²) < 4.78 is 39.1. The summed E-state index contributed by atoms with van der Waals surface area (Å²) in [5.41, 5.74) is 1.03. The number of hydrogen-bond donors (Lipinski definition) is 3.